The van der Waals surface area contributed by atoms with Gasteiger partial charge in [-0.3, -0.25) is 0 Å². The van der Waals surface area contributed by atoms with Crippen LogP contribution in [0.15, 0.2) is 41.3 Å². The maximum Gasteiger partial charge on any atom is 0.125 e. The summed E-state index contributed by atoms with van der Waals surface area (Å²) in [4.78, 5) is 6.64. The van der Waals surface area contributed by atoms with Gasteiger partial charge in [0.1, 0.15) is 5.82 Å². The minimum atomic E-state index is -0.318. The van der Waals surface area contributed by atoms with Crippen molar-refractivity contribution in [2.45, 2.75) is 18.7 Å². The number of rotatable bonds is 4. The molecule has 1 fully saturated rings. The second kappa shape index (κ2) is 6.78. The van der Waals surface area contributed by atoms with Gasteiger partial charge < -0.3 is 9.88 Å². The Balaban J connectivity index is 1.84. The molecule has 138 valence electrons. The van der Waals surface area contributed by atoms with E-state index in [0.29, 0.717) is 23.6 Å². The Morgan fingerprint density at radius 3 is 2.78 bits per heavy atom. The fourth-order valence-corrected chi connectivity index (χ4v) is 4.62. The average Bonchev–Trinajstić information content (AvgIpc) is 2.95. The number of benzene rings is 2. The van der Waals surface area contributed by atoms with Crippen molar-refractivity contribution in [1.29, 1.82) is 5.26 Å². The number of nitrogens with one attached hydrogen (secondary N) is 1. The number of fused-ring (bicyclic) bond motifs is 1. The van der Waals surface area contributed by atoms with E-state index in [1.165, 1.54) is 12.1 Å². The lowest BCUT2D eigenvalue weighted by Gasteiger charge is -2.45. The van der Waals surface area contributed by atoms with E-state index in [2.05, 4.69) is 41.1 Å². The Morgan fingerprint density at radius 2 is 2.07 bits per heavy atom. The van der Waals surface area contributed by atoms with Crippen molar-refractivity contribution in [3.63, 3.8) is 0 Å². The molecule has 6 heteroatoms. The Hall–Kier alpha value is -2.16. The lowest BCUT2D eigenvalue weighted by atomic mass is 9.83. The molecule has 2 aromatic carbocycles. The normalized spacial score (nSPS) is 15.6. The monoisotopic (exact) mass is 399 g/mol. The summed E-state index contributed by atoms with van der Waals surface area (Å²) in [5, 5.41) is 10.7. The highest BCUT2D eigenvalue weighted by Gasteiger charge is 2.40. The van der Waals surface area contributed by atoms with Crippen LogP contribution in [0.3, 0.4) is 0 Å². The van der Waals surface area contributed by atoms with Crippen LogP contribution in [0, 0.1) is 22.6 Å². The van der Waals surface area contributed by atoms with Gasteiger partial charge in [-0.25, -0.2) is 4.39 Å². The highest BCUT2D eigenvalue weighted by molar-refractivity contribution is 7.99. The SMILES string of the molecule is CCSc1ccc(N2CC(C)(C#N)C2)c(-c2[nH]c3cc(F)ccc3c2Cl)c1. The molecule has 0 spiro atoms. The van der Waals surface area contributed by atoms with E-state index in [1.807, 2.05) is 6.92 Å². The molecule has 4 rings (SSSR count). The maximum atomic E-state index is 13.6. The van der Waals surface area contributed by atoms with Gasteiger partial charge in [-0.05, 0) is 49.1 Å². The molecule has 1 aliphatic rings. The van der Waals surface area contributed by atoms with Crippen LogP contribution >= 0.6 is 23.4 Å². The first-order valence-corrected chi connectivity index (χ1v) is 10.2. The van der Waals surface area contributed by atoms with Crippen molar-refractivity contribution < 1.29 is 4.39 Å². The van der Waals surface area contributed by atoms with Crippen molar-refractivity contribution in [2.24, 2.45) is 5.41 Å². The second-order valence-electron chi connectivity index (χ2n) is 7.14. The summed E-state index contributed by atoms with van der Waals surface area (Å²) >= 11 is 8.43. The van der Waals surface area contributed by atoms with Gasteiger partial charge in [0.15, 0.2) is 0 Å². The van der Waals surface area contributed by atoms with Crippen LogP contribution in [0.5, 0.6) is 0 Å². The van der Waals surface area contributed by atoms with Crippen LogP contribution in [-0.2, 0) is 0 Å². The summed E-state index contributed by atoms with van der Waals surface area (Å²) in [5.41, 5.74) is 3.17. The molecule has 3 nitrogen and oxygen atoms in total. The summed E-state index contributed by atoms with van der Waals surface area (Å²) in [6.07, 6.45) is 0. The lowest BCUT2D eigenvalue weighted by Crippen LogP contribution is -2.54. The molecular formula is C21H19ClFN3S. The molecule has 1 saturated heterocycles. The average molecular weight is 400 g/mol. The van der Waals surface area contributed by atoms with E-state index in [0.717, 1.165) is 33.0 Å². The van der Waals surface area contributed by atoms with Crippen molar-refractivity contribution in [1.82, 2.24) is 4.98 Å². The zero-order valence-electron chi connectivity index (χ0n) is 15.1. The first kappa shape index (κ1) is 18.2. The molecule has 0 bridgehead atoms. The van der Waals surface area contributed by atoms with Crippen LogP contribution < -0.4 is 4.90 Å². The van der Waals surface area contributed by atoms with Gasteiger partial charge in [0, 0.05) is 34.6 Å². The van der Waals surface area contributed by atoms with Gasteiger partial charge in [-0.15, -0.1) is 11.8 Å². The van der Waals surface area contributed by atoms with Crippen molar-refractivity contribution in [3.8, 4) is 17.3 Å². The van der Waals surface area contributed by atoms with E-state index >= 15 is 0 Å². The van der Waals surface area contributed by atoms with Crippen LogP contribution in [0.2, 0.25) is 5.02 Å². The Morgan fingerprint density at radius 1 is 1.30 bits per heavy atom. The summed E-state index contributed by atoms with van der Waals surface area (Å²) in [7, 11) is 0. The van der Waals surface area contributed by atoms with Crippen LogP contribution in [-0.4, -0.2) is 23.8 Å². The second-order valence-corrected chi connectivity index (χ2v) is 8.86. The minimum absolute atomic E-state index is 0.296. The first-order valence-electron chi connectivity index (χ1n) is 8.84. The quantitative estimate of drug-likeness (QED) is 0.540. The number of anilines is 1. The number of halogens is 2. The fraction of sp³-hybridized carbons (Fsp3) is 0.286. The zero-order valence-corrected chi connectivity index (χ0v) is 16.7. The number of aromatic nitrogens is 1. The maximum absolute atomic E-state index is 13.6. The van der Waals surface area contributed by atoms with Crippen molar-refractivity contribution >= 4 is 40.0 Å². The topological polar surface area (TPSA) is 42.8 Å². The number of nitrogens with zero attached hydrogens (tertiary/aromatic N) is 2. The molecule has 0 radical (unpaired) electrons. The van der Waals surface area contributed by atoms with Crippen molar-refractivity contribution in [2.75, 3.05) is 23.7 Å². The zero-order chi connectivity index (χ0) is 19.2. The van der Waals surface area contributed by atoms with Crippen LogP contribution in [0.25, 0.3) is 22.2 Å². The Labute approximate surface area is 167 Å². The predicted molar refractivity (Wildman–Crippen MR) is 111 cm³/mol. The third-order valence-corrected chi connectivity index (χ3v) is 6.20. The van der Waals surface area contributed by atoms with Gasteiger partial charge in [0.05, 0.1) is 27.7 Å². The van der Waals surface area contributed by atoms with E-state index in [9.17, 15) is 9.65 Å². The van der Waals surface area contributed by atoms with E-state index < -0.39 is 0 Å². The van der Waals surface area contributed by atoms with Crippen molar-refractivity contribution in [3.05, 3.63) is 47.2 Å². The van der Waals surface area contributed by atoms with Crippen LogP contribution in [0.1, 0.15) is 13.8 Å². The molecule has 0 atom stereocenters. The predicted octanol–water partition coefficient (Wildman–Crippen LogP) is 6.09. The van der Waals surface area contributed by atoms with E-state index in [4.69, 9.17) is 11.6 Å². The van der Waals surface area contributed by atoms with Gasteiger partial charge in [0.25, 0.3) is 0 Å². The van der Waals surface area contributed by atoms with Gasteiger partial charge in [-0.2, -0.15) is 5.26 Å². The Bertz CT molecular complexity index is 1060. The fourth-order valence-electron chi connectivity index (χ4n) is 3.61. The molecule has 0 aliphatic carbocycles. The molecule has 1 N–H and O–H groups in total. The molecule has 1 aliphatic heterocycles. The molecule has 27 heavy (non-hydrogen) atoms. The molecular weight excluding hydrogens is 381 g/mol. The number of thioether (sulfide) groups is 1. The van der Waals surface area contributed by atoms with Gasteiger partial charge in [0.2, 0.25) is 0 Å². The van der Waals surface area contributed by atoms with Gasteiger partial charge in [-0.1, -0.05) is 18.5 Å². The summed E-state index contributed by atoms with van der Waals surface area (Å²) in [6, 6.07) is 13.3. The standard InChI is InChI=1S/C21H19ClFN3S/c1-3-27-14-5-7-18(26-11-21(2,10-24)12-26)16(9-14)20-19(22)15-6-4-13(23)8-17(15)25-20/h4-9,25H,3,11-12H2,1-2H3. The number of H-pyrrole nitrogens is 1. The molecule has 1 aromatic heterocycles. The largest absolute Gasteiger partial charge is 0.368 e. The molecule has 0 unspecified atom stereocenters. The van der Waals surface area contributed by atoms with E-state index in [-0.39, 0.29) is 11.2 Å². The molecule has 0 saturated carbocycles. The number of nitriles is 1. The highest BCUT2D eigenvalue weighted by Crippen LogP contribution is 2.44. The van der Waals surface area contributed by atoms with Gasteiger partial charge >= 0.3 is 0 Å². The number of hydrogen-bond donors (Lipinski definition) is 1. The Kier molecular flexibility index (Phi) is 4.57. The number of hydrogen-bond acceptors (Lipinski definition) is 3. The smallest absolute Gasteiger partial charge is 0.125 e. The third-order valence-electron chi connectivity index (χ3n) is 4.94. The summed E-state index contributed by atoms with van der Waals surface area (Å²) in [5.74, 6) is 0.677. The first-order chi connectivity index (χ1) is 12.9. The summed E-state index contributed by atoms with van der Waals surface area (Å²) in [6.45, 7) is 5.46. The highest BCUT2D eigenvalue weighted by atomic mass is 35.5. The van der Waals surface area contributed by atoms with Crippen LogP contribution in [0.4, 0.5) is 10.1 Å². The molecule has 0 amide bonds. The molecule has 3 aromatic rings. The third kappa shape index (κ3) is 3.18. The number of aromatic amines is 1. The molecule has 2 heterocycles. The summed E-state index contributed by atoms with van der Waals surface area (Å²) < 4.78 is 13.6. The van der Waals surface area contributed by atoms with E-state index in [1.54, 1.807) is 17.8 Å². The lowest BCUT2D eigenvalue weighted by molar-refractivity contribution is 0.337. The minimum Gasteiger partial charge on any atom is -0.368 e.